The number of ether oxygens (including phenoxy) is 1. The molecule has 1 N–H and O–H groups in total. The number of nitrogens with one attached hydrogen (secondary N) is 1. The first-order valence-electron chi connectivity index (χ1n) is 6.92. The van der Waals surface area contributed by atoms with E-state index >= 15 is 0 Å². The zero-order valence-electron chi connectivity index (χ0n) is 12.2. The molecular formula is C15H20N4O. The number of hydrogen-bond acceptors (Lipinski definition) is 5. The van der Waals surface area contributed by atoms with Gasteiger partial charge in [-0.05, 0) is 32.4 Å². The largest absolute Gasteiger partial charge is 0.437 e. The van der Waals surface area contributed by atoms with Crippen LogP contribution in [0.1, 0.15) is 31.5 Å². The minimum absolute atomic E-state index is 0.600. The van der Waals surface area contributed by atoms with Crippen LogP contribution in [0, 0.1) is 6.92 Å². The third-order valence-corrected chi connectivity index (χ3v) is 2.85. The molecule has 2 aromatic rings. The Balaban J connectivity index is 2.29. The van der Waals surface area contributed by atoms with Crippen molar-refractivity contribution in [3.05, 3.63) is 35.9 Å². The van der Waals surface area contributed by atoms with Crippen molar-refractivity contribution in [3.63, 3.8) is 0 Å². The van der Waals surface area contributed by atoms with E-state index < -0.39 is 0 Å². The Morgan fingerprint density at radius 3 is 2.65 bits per heavy atom. The standard InChI is InChI=1S/C15H20N4O/c1-4-6-13-14(16-5-2)18-10-19-15(13)20-12-8-7-11(3)17-9-12/h7-10H,4-6H2,1-3H3,(H,16,18,19). The number of nitrogens with zero attached hydrogens (tertiary/aromatic N) is 3. The molecule has 5 nitrogen and oxygen atoms in total. The summed E-state index contributed by atoms with van der Waals surface area (Å²) in [6, 6.07) is 3.81. The molecule has 0 spiro atoms. The predicted octanol–water partition coefficient (Wildman–Crippen LogP) is 3.36. The maximum Gasteiger partial charge on any atom is 0.227 e. The highest BCUT2D eigenvalue weighted by Gasteiger charge is 2.12. The van der Waals surface area contributed by atoms with Gasteiger partial charge >= 0.3 is 0 Å². The topological polar surface area (TPSA) is 59.9 Å². The lowest BCUT2D eigenvalue weighted by atomic mass is 10.1. The molecule has 106 valence electrons. The number of pyridine rings is 1. The number of rotatable bonds is 6. The van der Waals surface area contributed by atoms with E-state index in [1.807, 2.05) is 26.0 Å². The van der Waals surface area contributed by atoms with Crippen LogP contribution in [0.15, 0.2) is 24.7 Å². The minimum Gasteiger partial charge on any atom is -0.437 e. The summed E-state index contributed by atoms with van der Waals surface area (Å²) in [5, 5.41) is 3.25. The molecule has 0 bridgehead atoms. The summed E-state index contributed by atoms with van der Waals surface area (Å²) in [5.41, 5.74) is 1.97. The molecule has 5 heteroatoms. The number of aromatic nitrogens is 3. The lowest BCUT2D eigenvalue weighted by molar-refractivity contribution is 0.452. The molecule has 0 fully saturated rings. The summed E-state index contributed by atoms with van der Waals surface area (Å²) in [4.78, 5) is 12.8. The fraction of sp³-hybridized carbons (Fsp3) is 0.400. The SMILES string of the molecule is CCCc1c(NCC)ncnc1Oc1ccc(C)nc1. The average Bonchev–Trinajstić information content (AvgIpc) is 2.45. The molecule has 0 aliphatic heterocycles. The van der Waals surface area contributed by atoms with E-state index in [-0.39, 0.29) is 0 Å². The molecular weight excluding hydrogens is 252 g/mol. The molecule has 2 rings (SSSR count). The van der Waals surface area contributed by atoms with Crippen molar-refractivity contribution in [2.24, 2.45) is 0 Å². The van der Waals surface area contributed by atoms with Crippen LogP contribution in [0.4, 0.5) is 5.82 Å². The fourth-order valence-corrected chi connectivity index (χ4v) is 1.91. The lowest BCUT2D eigenvalue weighted by Gasteiger charge is -2.13. The van der Waals surface area contributed by atoms with E-state index in [0.717, 1.165) is 36.5 Å². The molecule has 0 aromatic carbocycles. The fourth-order valence-electron chi connectivity index (χ4n) is 1.91. The summed E-state index contributed by atoms with van der Waals surface area (Å²) in [6.07, 6.45) is 5.11. The van der Waals surface area contributed by atoms with Crippen LogP contribution in [0.3, 0.4) is 0 Å². The van der Waals surface area contributed by atoms with Gasteiger partial charge in [0.25, 0.3) is 0 Å². The average molecular weight is 272 g/mol. The van der Waals surface area contributed by atoms with Crippen molar-refractivity contribution < 1.29 is 4.74 Å². The highest BCUT2D eigenvalue weighted by Crippen LogP contribution is 2.27. The van der Waals surface area contributed by atoms with Crippen LogP contribution in [0.2, 0.25) is 0 Å². The third-order valence-electron chi connectivity index (χ3n) is 2.85. The summed E-state index contributed by atoms with van der Waals surface area (Å²) >= 11 is 0. The minimum atomic E-state index is 0.600. The van der Waals surface area contributed by atoms with Crippen molar-refractivity contribution in [3.8, 4) is 11.6 Å². The maximum atomic E-state index is 5.85. The predicted molar refractivity (Wildman–Crippen MR) is 79.2 cm³/mol. The molecule has 2 heterocycles. The van der Waals surface area contributed by atoms with Gasteiger partial charge in [0, 0.05) is 12.2 Å². The Hall–Kier alpha value is -2.17. The van der Waals surface area contributed by atoms with E-state index in [9.17, 15) is 0 Å². The molecule has 0 unspecified atom stereocenters. The monoisotopic (exact) mass is 272 g/mol. The van der Waals surface area contributed by atoms with Gasteiger partial charge in [0.2, 0.25) is 5.88 Å². The summed E-state index contributed by atoms with van der Waals surface area (Å²) in [5.74, 6) is 2.14. The van der Waals surface area contributed by atoms with E-state index in [1.165, 1.54) is 6.33 Å². The summed E-state index contributed by atoms with van der Waals surface area (Å²) in [6.45, 7) is 6.93. The second kappa shape index (κ2) is 6.84. The van der Waals surface area contributed by atoms with Crippen molar-refractivity contribution in [2.75, 3.05) is 11.9 Å². The molecule has 2 aromatic heterocycles. The van der Waals surface area contributed by atoms with Gasteiger partial charge in [-0.25, -0.2) is 9.97 Å². The Bertz CT molecular complexity index is 554. The first-order chi connectivity index (χ1) is 9.74. The van der Waals surface area contributed by atoms with Crippen LogP contribution in [0.5, 0.6) is 11.6 Å². The van der Waals surface area contributed by atoms with Crippen molar-refractivity contribution in [1.29, 1.82) is 0 Å². The smallest absolute Gasteiger partial charge is 0.227 e. The molecule has 0 saturated carbocycles. The van der Waals surface area contributed by atoms with Crippen LogP contribution in [0.25, 0.3) is 0 Å². The first-order valence-corrected chi connectivity index (χ1v) is 6.92. The van der Waals surface area contributed by atoms with Gasteiger partial charge in [-0.2, -0.15) is 0 Å². The van der Waals surface area contributed by atoms with Gasteiger partial charge in [-0.15, -0.1) is 0 Å². The number of anilines is 1. The van der Waals surface area contributed by atoms with E-state index in [1.54, 1.807) is 6.20 Å². The Morgan fingerprint density at radius 2 is 2.00 bits per heavy atom. The molecule has 0 saturated heterocycles. The van der Waals surface area contributed by atoms with Gasteiger partial charge in [0.15, 0.2) is 0 Å². The zero-order valence-corrected chi connectivity index (χ0v) is 12.2. The zero-order chi connectivity index (χ0) is 14.4. The van der Waals surface area contributed by atoms with Crippen LogP contribution in [-0.2, 0) is 6.42 Å². The molecule has 20 heavy (non-hydrogen) atoms. The molecule has 0 radical (unpaired) electrons. The number of aryl methyl sites for hydroxylation is 1. The Labute approximate surface area is 119 Å². The normalized spacial score (nSPS) is 10.3. The number of hydrogen-bond donors (Lipinski definition) is 1. The van der Waals surface area contributed by atoms with Crippen LogP contribution >= 0.6 is 0 Å². The lowest BCUT2D eigenvalue weighted by Crippen LogP contribution is -2.06. The van der Waals surface area contributed by atoms with E-state index in [2.05, 4.69) is 27.2 Å². The molecule has 0 aliphatic carbocycles. The third kappa shape index (κ3) is 3.44. The van der Waals surface area contributed by atoms with Gasteiger partial charge in [-0.1, -0.05) is 13.3 Å². The second-order valence-corrected chi connectivity index (χ2v) is 4.52. The van der Waals surface area contributed by atoms with Gasteiger partial charge < -0.3 is 10.1 Å². The van der Waals surface area contributed by atoms with Crippen molar-refractivity contribution >= 4 is 5.82 Å². The first kappa shape index (κ1) is 14.2. The highest BCUT2D eigenvalue weighted by atomic mass is 16.5. The Kier molecular flexibility index (Phi) is 4.87. The Morgan fingerprint density at radius 1 is 1.15 bits per heavy atom. The van der Waals surface area contributed by atoms with Gasteiger partial charge in [0.05, 0.1) is 11.8 Å². The van der Waals surface area contributed by atoms with E-state index in [0.29, 0.717) is 11.6 Å². The quantitative estimate of drug-likeness (QED) is 0.873. The van der Waals surface area contributed by atoms with Gasteiger partial charge in [0.1, 0.15) is 17.9 Å². The molecule has 0 aliphatic rings. The molecule has 0 atom stereocenters. The van der Waals surface area contributed by atoms with Crippen molar-refractivity contribution in [2.45, 2.75) is 33.6 Å². The highest BCUT2D eigenvalue weighted by molar-refractivity contribution is 5.49. The molecule has 0 amide bonds. The van der Waals surface area contributed by atoms with Crippen LogP contribution < -0.4 is 10.1 Å². The van der Waals surface area contributed by atoms with E-state index in [4.69, 9.17) is 4.74 Å². The summed E-state index contributed by atoms with van der Waals surface area (Å²) in [7, 11) is 0. The van der Waals surface area contributed by atoms with Gasteiger partial charge in [-0.3, -0.25) is 4.98 Å². The maximum absolute atomic E-state index is 5.85. The van der Waals surface area contributed by atoms with Crippen LogP contribution in [-0.4, -0.2) is 21.5 Å². The van der Waals surface area contributed by atoms with Crippen molar-refractivity contribution in [1.82, 2.24) is 15.0 Å². The summed E-state index contributed by atoms with van der Waals surface area (Å²) < 4.78 is 5.85. The second-order valence-electron chi connectivity index (χ2n) is 4.52.